The molecule has 2 heteroatoms. The highest BCUT2D eigenvalue weighted by atomic mass is 16.5. The molecule has 0 unspecified atom stereocenters. The lowest BCUT2D eigenvalue weighted by atomic mass is 10.0. The lowest BCUT2D eigenvalue weighted by molar-refractivity contribution is -0.130. The summed E-state index contributed by atoms with van der Waals surface area (Å²) in [5, 5.41) is 0. The summed E-state index contributed by atoms with van der Waals surface area (Å²) in [6.45, 7) is 4.12. The molecule has 152 valence electrons. The molecule has 0 aliphatic heterocycles. The van der Waals surface area contributed by atoms with E-state index in [2.05, 4.69) is 6.92 Å². The number of hydrogen-bond donors (Lipinski definition) is 0. The van der Waals surface area contributed by atoms with E-state index in [9.17, 15) is 4.79 Å². The normalized spacial score (nSPS) is 11.6. The number of carbonyl (C=O) groups excluding carboxylic acids is 1. The second kappa shape index (κ2) is 16.6. The fourth-order valence-electron chi connectivity index (χ4n) is 3.24. The maximum absolute atomic E-state index is 12.0. The SMILES string of the molecule is CCCCCCCCCCCCCCC/C=C(\C)C(=O)Oc1ccccc1. The first-order valence-corrected chi connectivity index (χ1v) is 11.2. The van der Waals surface area contributed by atoms with Gasteiger partial charge in [0.25, 0.3) is 0 Å². The molecule has 0 N–H and O–H groups in total. The Morgan fingerprint density at radius 1 is 0.778 bits per heavy atom. The summed E-state index contributed by atoms with van der Waals surface area (Å²) >= 11 is 0. The molecule has 0 bridgehead atoms. The van der Waals surface area contributed by atoms with Crippen LogP contribution in [-0.2, 0) is 4.79 Å². The average molecular weight is 373 g/mol. The molecule has 0 saturated carbocycles. The lowest BCUT2D eigenvalue weighted by Gasteiger charge is -2.04. The van der Waals surface area contributed by atoms with Crippen molar-refractivity contribution in [1.82, 2.24) is 0 Å². The molecule has 1 rings (SSSR count). The van der Waals surface area contributed by atoms with Crippen molar-refractivity contribution in [3.05, 3.63) is 42.0 Å². The summed E-state index contributed by atoms with van der Waals surface area (Å²) in [4.78, 5) is 12.0. The molecule has 0 saturated heterocycles. The third-order valence-electron chi connectivity index (χ3n) is 5.03. The molecule has 0 heterocycles. The molecular weight excluding hydrogens is 332 g/mol. The molecule has 2 nitrogen and oxygen atoms in total. The summed E-state index contributed by atoms with van der Waals surface area (Å²) in [6, 6.07) is 9.26. The van der Waals surface area contributed by atoms with Crippen LogP contribution in [0.5, 0.6) is 5.75 Å². The zero-order valence-corrected chi connectivity index (χ0v) is 17.7. The third-order valence-corrected chi connectivity index (χ3v) is 5.03. The Morgan fingerprint density at radius 3 is 1.78 bits per heavy atom. The Bertz CT molecular complexity index is 504. The van der Waals surface area contributed by atoms with Crippen LogP contribution < -0.4 is 4.74 Å². The minimum absolute atomic E-state index is 0.240. The van der Waals surface area contributed by atoms with E-state index in [4.69, 9.17) is 4.74 Å². The van der Waals surface area contributed by atoms with Gasteiger partial charge >= 0.3 is 5.97 Å². The number of benzene rings is 1. The summed E-state index contributed by atoms with van der Waals surface area (Å²) in [7, 11) is 0. The average Bonchev–Trinajstić information content (AvgIpc) is 2.68. The van der Waals surface area contributed by atoms with E-state index in [1.54, 1.807) is 12.1 Å². The highest BCUT2D eigenvalue weighted by molar-refractivity contribution is 5.89. The first kappa shape index (κ1) is 23.5. The van der Waals surface area contributed by atoms with Crippen LogP contribution in [0, 0.1) is 0 Å². The molecule has 1 aromatic rings. The predicted molar refractivity (Wildman–Crippen MR) is 116 cm³/mol. The number of allylic oxidation sites excluding steroid dienone is 1. The summed E-state index contributed by atoms with van der Waals surface area (Å²) in [5.74, 6) is 0.368. The quantitative estimate of drug-likeness (QED) is 0.127. The van der Waals surface area contributed by atoms with E-state index in [-0.39, 0.29) is 5.97 Å². The fourth-order valence-corrected chi connectivity index (χ4v) is 3.24. The maximum Gasteiger partial charge on any atom is 0.338 e. The van der Waals surface area contributed by atoms with Gasteiger partial charge in [-0.05, 0) is 31.9 Å². The van der Waals surface area contributed by atoms with Crippen LogP contribution in [0.15, 0.2) is 42.0 Å². The van der Waals surface area contributed by atoms with Gasteiger partial charge in [0.2, 0.25) is 0 Å². The molecule has 27 heavy (non-hydrogen) atoms. The first-order valence-electron chi connectivity index (χ1n) is 11.2. The maximum atomic E-state index is 12.0. The molecule has 0 amide bonds. The molecule has 0 aromatic heterocycles. The van der Waals surface area contributed by atoms with E-state index in [0.29, 0.717) is 11.3 Å². The second-order valence-electron chi connectivity index (χ2n) is 7.62. The van der Waals surface area contributed by atoms with Gasteiger partial charge in [-0.3, -0.25) is 0 Å². The number of rotatable bonds is 16. The van der Waals surface area contributed by atoms with E-state index < -0.39 is 0 Å². The van der Waals surface area contributed by atoms with E-state index >= 15 is 0 Å². The Balaban J connectivity index is 1.93. The number of para-hydroxylation sites is 1. The van der Waals surface area contributed by atoms with Crippen LogP contribution in [0.25, 0.3) is 0 Å². The topological polar surface area (TPSA) is 26.3 Å². The van der Waals surface area contributed by atoms with Crippen molar-refractivity contribution in [1.29, 1.82) is 0 Å². The van der Waals surface area contributed by atoms with Gasteiger partial charge in [0.15, 0.2) is 0 Å². The van der Waals surface area contributed by atoms with Crippen molar-refractivity contribution in [2.45, 2.75) is 104 Å². The van der Waals surface area contributed by atoms with Gasteiger partial charge in [-0.2, -0.15) is 0 Å². The monoisotopic (exact) mass is 372 g/mol. The third kappa shape index (κ3) is 13.3. The molecule has 0 aliphatic rings. The van der Waals surface area contributed by atoms with Crippen LogP contribution >= 0.6 is 0 Å². The summed E-state index contributed by atoms with van der Waals surface area (Å²) in [6.07, 6.45) is 20.7. The van der Waals surface area contributed by atoms with Gasteiger partial charge < -0.3 is 4.74 Å². The smallest absolute Gasteiger partial charge is 0.338 e. The van der Waals surface area contributed by atoms with Gasteiger partial charge in [0, 0.05) is 5.57 Å². The Labute approximate surface area is 167 Å². The largest absolute Gasteiger partial charge is 0.423 e. The minimum atomic E-state index is -0.240. The molecule has 0 spiro atoms. The Kier molecular flexibility index (Phi) is 14.4. The van der Waals surface area contributed by atoms with Crippen LogP contribution in [0.4, 0.5) is 0 Å². The van der Waals surface area contributed by atoms with E-state index in [0.717, 1.165) is 12.8 Å². The van der Waals surface area contributed by atoms with Gasteiger partial charge in [-0.1, -0.05) is 108 Å². The van der Waals surface area contributed by atoms with Crippen LogP contribution in [0.3, 0.4) is 0 Å². The van der Waals surface area contributed by atoms with Gasteiger partial charge in [-0.25, -0.2) is 4.79 Å². The molecular formula is C25H40O2. The highest BCUT2D eigenvalue weighted by Gasteiger charge is 2.06. The highest BCUT2D eigenvalue weighted by Crippen LogP contribution is 2.14. The number of esters is 1. The number of carbonyl (C=O) groups is 1. The summed E-state index contributed by atoms with van der Waals surface area (Å²) in [5.41, 5.74) is 0.706. The number of ether oxygens (including phenoxy) is 1. The molecule has 0 atom stereocenters. The number of unbranched alkanes of at least 4 members (excludes halogenated alkanes) is 13. The van der Waals surface area contributed by atoms with Crippen LogP contribution in [0.1, 0.15) is 104 Å². The molecule has 0 aliphatic carbocycles. The van der Waals surface area contributed by atoms with Crippen molar-refractivity contribution in [2.24, 2.45) is 0 Å². The first-order chi connectivity index (χ1) is 13.2. The van der Waals surface area contributed by atoms with E-state index in [1.807, 2.05) is 31.2 Å². The lowest BCUT2D eigenvalue weighted by Crippen LogP contribution is -2.09. The Morgan fingerprint density at radius 2 is 1.26 bits per heavy atom. The second-order valence-corrected chi connectivity index (χ2v) is 7.62. The van der Waals surface area contributed by atoms with Crippen molar-refractivity contribution in [3.8, 4) is 5.75 Å². The van der Waals surface area contributed by atoms with Crippen molar-refractivity contribution < 1.29 is 9.53 Å². The standard InChI is InChI=1S/C25H40O2/c1-3-4-5-6-7-8-9-10-11-12-13-14-15-17-20-23(2)25(26)27-24-21-18-16-19-22-24/h16,18-22H,3-15,17H2,1-2H3/b23-20+. The fraction of sp³-hybridized carbons (Fsp3) is 0.640. The molecule has 1 aromatic carbocycles. The van der Waals surface area contributed by atoms with Crippen LogP contribution in [0.2, 0.25) is 0 Å². The minimum Gasteiger partial charge on any atom is -0.423 e. The summed E-state index contributed by atoms with van der Waals surface area (Å²) < 4.78 is 5.34. The zero-order valence-electron chi connectivity index (χ0n) is 17.7. The van der Waals surface area contributed by atoms with Gasteiger partial charge in [-0.15, -0.1) is 0 Å². The Hall–Kier alpha value is -1.57. The predicted octanol–water partition coefficient (Wildman–Crippen LogP) is 8.02. The molecule has 0 radical (unpaired) electrons. The van der Waals surface area contributed by atoms with Crippen molar-refractivity contribution in [3.63, 3.8) is 0 Å². The van der Waals surface area contributed by atoms with Crippen LogP contribution in [-0.4, -0.2) is 5.97 Å². The van der Waals surface area contributed by atoms with Crippen molar-refractivity contribution in [2.75, 3.05) is 0 Å². The van der Waals surface area contributed by atoms with Gasteiger partial charge in [0.1, 0.15) is 5.75 Å². The van der Waals surface area contributed by atoms with Gasteiger partial charge in [0.05, 0.1) is 0 Å². The van der Waals surface area contributed by atoms with Crippen molar-refractivity contribution >= 4 is 5.97 Å². The molecule has 0 fully saturated rings. The zero-order chi connectivity index (χ0) is 19.6. The van der Waals surface area contributed by atoms with E-state index in [1.165, 1.54) is 77.0 Å². The number of hydrogen-bond acceptors (Lipinski definition) is 2.